The molecular formula is C16H14O2. The number of benzene rings is 2. The van der Waals surface area contributed by atoms with Gasteiger partial charge in [-0.25, -0.2) is 0 Å². The van der Waals surface area contributed by atoms with Gasteiger partial charge in [0.25, 0.3) is 0 Å². The van der Waals surface area contributed by atoms with Crippen LogP contribution in [-0.4, -0.2) is 11.7 Å². The first kappa shape index (κ1) is 11.1. The van der Waals surface area contributed by atoms with Crippen LogP contribution in [0.4, 0.5) is 0 Å². The van der Waals surface area contributed by atoms with Crippen molar-refractivity contribution < 1.29 is 9.52 Å². The van der Waals surface area contributed by atoms with Gasteiger partial charge in [-0.3, -0.25) is 0 Å². The molecule has 1 N–H and O–H groups in total. The van der Waals surface area contributed by atoms with Crippen molar-refractivity contribution in [2.24, 2.45) is 0 Å². The summed E-state index contributed by atoms with van der Waals surface area (Å²) in [5, 5.41) is 11.5. The van der Waals surface area contributed by atoms with E-state index in [2.05, 4.69) is 12.1 Å². The van der Waals surface area contributed by atoms with Gasteiger partial charge >= 0.3 is 0 Å². The number of aliphatic hydroxyl groups excluding tert-OH is 1. The van der Waals surface area contributed by atoms with Crippen molar-refractivity contribution >= 4 is 27.5 Å². The number of fused-ring (bicyclic) bond motifs is 3. The smallest absolute Gasteiger partial charge is 0.135 e. The quantitative estimate of drug-likeness (QED) is 0.732. The molecule has 0 amide bonds. The molecule has 0 saturated heterocycles. The average molecular weight is 238 g/mol. The Morgan fingerprint density at radius 1 is 1.11 bits per heavy atom. The maximum atomic E-state index is 9.32. The molecule has 2 nitrogen and oxygen atoms in total. The van der Waals surface area contributed by atoms with Crippen molar-refractivity contribution in [3.05, 3.63) is 54.1 Å². The van der Waals surface area contributed by atoms with E-state index in [1.54, 1.807) is 0 Å². The molecule has 2 heteroatoms. The molecule has 2 aromatic carbocycles. The van der Waals surface area contributed by atoms with Crippen LogP contribution in [-0.2, 0) is 0 Å². The predicted octanol–water partition coefficient (Wildman–Crippen LogP) is 3.98. The van der Waals surface area contributed by atoms with E-state index in [1.807, 2.05) is 43.3 Å². The van der Waals surface area contributed by atoms with E-state index < -0.39 is 0 Å². The molecule has 0 saturated carbocycles. The zero-order valence-electron chi connectivity index (χ0n) is 10.2. The molecule has 3 rings (SSSR count). The third-order valence-electron chi connectivity index (χ3n) is 3.27. The summed E-state index contributed by atoms with van der Waals surface area (Å²) in [5.41, 5.74) is 3.75. The van der Waals surface area contributed by atoms with E-state index >= 15 is 0 Å². The van der Waals surface area contributed by atoms with Gasteiger partial charge in [0.2, 0.25) is 0 Å². The highest BCUT2D eigenvalue weighted by Crippen LogP contribution is 2.30. The third-order valence-corrected chi connectivity index (χ3v) is 3.27. The maximum absolute atomic E-state index is 9.32. The van der Waals surface area contributed by atoms with Crippen LogP contribution in [0, 0.1) is 0 Å². The minimum absolute atomic E-state index is 0.0534. The Kier molecular flexibility index (Phi) is 2.65. The lowest BCUT2D eigenvalue weighted by molar-refractivity contribution is 0.350. The highest BCUT2D eigenvalue weighted by molar-refractivity contribution is 6.05. The standard InChI is InChI=1S/C16H14O2/c1-2-11(10-17)12-7-8-16-14(9-12)13-5-3-4-6-15(13)18-16/h2-9,17H,10H2,1H3. The zero-order chi connectivity index (χ0) is 12.5. The Morgan fingerprint density at radius 3 is 2.67 bits per heavy atom. The summed E-state index contributed by atoms with van der Waals surface area (Å²) in [5.74, 6) is 0. The molecule has 0 bridgehead atoms. The van der Waals surface area contributed by atoms with Crippen molar-refractivity contribution in [2.75, 3.05) is 6.61 Å². The molecule has 0 aliphatic carbocycles. The number of rotatable bonds is 2. The Labute approximate surface area is 105 Å². The Balaban J connectivity index is 2.31. The van der Waals surface area contributed by atoms with Gasteiger partial charge in [-0.15, -0.1) is 0 Å². The van der Waals surface area contributed by atoms with Crippen LogP contribution in [0.15, 0.2) is 53.0 Å². The van der Waals surface area contributed by atoms with Crippen LogP contribution in [0.5, 0.6) is 0 Å². The number of hydrogen-bond acceptors (Lipinski definition) is 2. The van der Waals surface area contributed by atoms with Gasteiger partial charge in [-0.1, -0.05) is 30.3 Å². The molecule has 3 aromatic rings. The van der Waals surface area contributed by atoms with E-state index in [0.29, 0.717) is 0 Å². The molecule has 90 valence electrons. The van der Waals surface area contributed by atoms with Crippen molar-refractivity contribution in [1.29, 1.82) is 0 Å². The van der Waals surface area contributed by atoms with Gasteiger partial charge in [0, 0.05) is 10.8 Å². The van der Waals surface area contributed by atoms with Crippen molar-refractivity contribution in [2.45, 2.75) is 6.92 Å². The number of aliphatic hydroxyl groups is 1. The van der Waals surface area contributed by atoms with E-state index in [9.17, 15) is 5.11 Å². The number of furan rings is 1. The van der Waals surface area contributed by atoms with Crippen molar-refractivity contribution in [1.82, 2.24) is 0 Å². The van der Waals surface area contributed by atoms with Gasteiger partial charge in [0.15, 0.2) is 0 Å². The van der Waals surface area contributed by atoms with E-state index in [1.165, 1.54) is 0 Å². The highest BCUT2D eigenvalue weighted by atomic mass is 16.3. The van der Waals surface area contributed by atoms with Crippen LogP contribution in [0.3, 0.4) is 0 Å². The number of allylic oxidation sites excluding steroid dienone is 1. The maximum Gasteiger partial charge on any atom is 0.135 e. The predicted molar refractivity (Wildman–Crippen MR) is 74.5 cm³/mol. The molecule has 0 atom stereocenters. The molecular weight excluding hydrogens is 224 g/mol. The van der Waals surface area contributed by atoms with Crippen molar-refractivity contribution in [3.8, 4) is 0 Å². The minimum atomic E-state index is 0.0534. The Bertz CT molecular complexity index is 735. The summed E-state index contributed by atoms with van der Waals surface area (Å²) in [4.78, 5) is 0. The van der Waals surface area contributed by atoms with Gasteiger partial charge < -0.3 is 9.52 Å². The fourth-order valence-corrected chi connectivity index (χ4v) is 2.28. The average Bonchev–Trinajstić information content (AvgIpc) is 2.78. The van der Waals surface area contributed by atoms with Crippen LogP contribution in [0.2, 0.25) is 0 Å². The monoisotopic (exact) mass is 238 g/mol. The lowest BCUT2D eigenvalue weighted by Crippen LogP contribution is -1.89. The first-order chi connectivity index (χ1) is 8.83. The molecule has 1 heterocycles. The Hall–Kier alpha value is -2.06. The van der Waals surface area contributed by atoms with Crippen LogP contribution < -0.4 is 0 Å². The molecule has 0 aliphatic heterocycles. The summed E-state index contributed by atoms with van der Waals surface area (Å²) in [6.07, 6.45) is 1.93. The van der Waals surface area contributed by atoms with E-state index in [0.717, 1.165) is 33.1 Å². The van der Waals surface area contributed by atoms with Crippen LogP contribution in [0.25, 0.3) is 27.5 Å². The normalized spacial score (nSPS) is 12.4. The lowest BCUT2D eigenvalue weighted by Gasteiger charge is -2.03. The zero-order valence-corrected chi connectivity index (χ0v) is 10.2. The van der Waals surface area contributed by atoms with Gasteiger partial charge in [0.1, 0.15) is 11.2 Å². The molecule has 0 aliphatic rings. The molecule has 0 spiro atoms. The second-order valence-electron chi connectivity index (χ2n) is 4.28. The molecule has 0 unspecified atom stereocenters. The lowest BCUT2D eigenvalue weighted by atomic mass is 10.0. The van der Waals surface area contributed by atoms with Crippen LogP contribution >= 0.6 is 0 Å². The summed E-state index contributed by atoms with van der Waals surface area (Å²) in [7, 11) is 0. The topological polar surface area (TPSA) is 33.4 Å². The second-order valence-corrected chi connectivity index (χ2v) is 4.28. The first-order valence-electron chi connectivity index (χ1n) is 6.01. The molecule has 18 heavy (non-hydrogen) atoms. The minimum Gasteiger partial charge on any atom is -0.456 e. The van der Waals surface area contributed by atoms with Gasteiger partial charge in [-0.2, -0.15) is 0 Å². The molecule has 1 aromatic heterocycles. The van der Waals surface area contributed by atoms with Crippen molar-refractivity contribution in [3.63, 3.8) is 0 Å². The highest BCUT2D eigenvalue weighted by Gasteiger charge is 2.08. The number of hydrogen-bond donors (Lipinski definition) is 1. The second kappa shape index (κ2) is 4.31. The van der Waals surface area contributed by atoms with Crippen LogP contribution in [0.1, 0.15) is 12.5 Å². The molecule has 0 fully saturated rings. The van der Waals surface area contributed by atoms with Gasteiger partial charge in [0.05, 0.1) is 6.61 Å². The largest absolute Gasteiger partial charge is 0.456 e. The SMILES string of the molecule is CC=C(CO)c1ccc2oc3ccccc3c2c1. The third kappa shape index (κ3) is 1.62. The molecule has 0 radical (unpaired) electrons. The fourth-order valence-electron chi connectivity index (χ4n) is 2.28. The first-order valence-corrected chi connectivity index (χ1v) is 6.01. The summed E-state index contributed by atoms with van der Waals surface area (Å²) < 4.78 is 5.77. The fraction of sp³-hybridized carbons (Fsp3) is 0.125. The van der Waals surface area contributed by atoms with E-state index in [4.69, 9.17) is 4.42 Å². The summed E-state index contributed by atoms with van der Waals surface area (Å²) in [6, 6.07) is 14.0. The van der Waals surface area contributed by atoms with E-state index in [-0.39, 0.29) is 6.61 Å². The Morgan fingerprint density at radius 2 is 1.89 bits per heavy atom. The number of para-hydroxylation sites is 1. The summed E-state index contributed by atoms with van der Waals surface area (Å²) in [6.45, 7) is 1.99. The summed E-state index contributed by atoms with van der Waals surface area (Å²) >= 11 is 0. The van der Waals surface area contributed by atoms with Gasteiger partial charge in [-0.05, 0) is 36.3 Å².